The maximum Gasteiger partial charge on any atom is 0.225 e. The Hall–Kier alpha value is -1.85. The van der Waals surface area contributed by atoms with Gasteiger partial charge in [0.15, 0.2) is 0 Å². The maximum atomic E-state index is 11.9. The van der Waals surface area contributed by atoms with Gasteiger partial charge >= 0.3 is 0 Å². The first-order chi connectivity index (χ1) is 11.2. The molecule has 122 valence electrons. The predicted octanol–water partition coefficient (Wildman–Crippen LogP) is 2.36. The topological polar surface area (TPSA) is 35.6 Å². The highest BCUT2D eigenvalue weighted by Gasteiger charge is 2.14. The summed E-state index contributed by atoms with van der Waals surface area (Å²) in [4.78, 5) is 17.8. The fourth-order valence-electron chi connectivity index (χ4n) is 2.72. The number of amides is 1. The van der Waals surface area contributed by atoms with Crippen molar-refractivity contribution in [1.82, 2.24) is 10.2 Å². The summed E-state index contributed by atoms with van der Waals surface area (Å²) in [7, 11) is 2.17. The van der Waals surface area contributed by atoms with Crippen molar-refractivity contribution in [3.05, 3.63) is 52.2 Å². The number of thiophene rings is 1. The molecule has 1 amide bonds. The summed E-state index contributed by atoms with van der Waals surface area (Å²) in [6.07, 6.45) is 0.469. The first-order valence-electron chi connectivity index (χ1n) is 8.02. The van der Waals surface area contributed by atoms with E-state index >= 15 is 0 Å². The van der Waals surface area contributed by atoms with Gasteiger partial charge in [-0.1, -0.05) is 18.2 Å². The van der Waals surface area contributed by atoms with E-state index in [9.17, 15) is 4.79 Å². The first kappa shape index (κ1) is 16.0. The second kappa shape index (κ2) is 7.62. The summed E-state index contributed by atoms with van der Waals surface area (Å²) in [5.74, 6) is 0.0793. The molecule has 0 bridgehead atoms. The minimum atomic E-state index is 0.0793. The molecule has 0 aliphatic carbocycles. The number of benzene rings is 1. The molecule has 4 nitrogen and oxygen atoms in total. The molecule has 23 heavy (non-hydrogen) atoms. The summed E-state index contributed by atoms with van der Waals surface area (Å²) >= 11 is 1.62. The van der Waals surface area contributed by atoms with Crippen LogP contribution in [0.1, 0.15) is 10.4 Å². The Labute approximate surface area is 141 Å². The Bertz CT molecular complexity index is 616. The Morgan fingerprint density at radius 1 is 1.13 bits per heavy atom. The van der Waals surface area contributed by atoms with Gasteiger partial charge in [-0.25, -0.2) is 0 Å². The zero-order chi connectivity index (χ0) is 16.1. The van der Waals surface area contributed by atoms with Gasteiger partial charge in [-0.2, -0.15) is 0 Å². The van der Waals surface area contributed by atoms with Gasteiger partial charge in [0.2, 0.25) is 5.91 Å². The van der Waals surface area contributed by atoms with E-state index in [-0.39, 0.29) is 5.91 Å². The van der Waals surface area contributed by atoms with Gasteiger partial charge in [0.1, 0.15) is 0 Å². The van der Waals surface area contributed by atoms with Crippen LogP contribution >= 0.6 is 11.3 Å². The lowest BCUT2D eigenvalue weighted by atomic mass is 10.1. The zero-order valence-electron chi connectivity index (χ0n) is 13.5. The number of carbonyl (C=O) groups excluding carboxylic acids is 1. The number of nitrogens with zero attached hydrogens (tertiary/aromatic N) is 2. The van der Waals surface area contributed by atoms with Gasteiger partial charge in [0.05, 0.1) is 6.42 Å². The highest BCUT2D eigenvalue weighted by atomic mass is 32.1. The molecule has 0 saturated carbocycles. The number of nitrogens with one attached hydrogen (secondary N) is 1. The minimum Gasteiger partial charge on any atom is -0.369 e. The van der Waals surface area contributed by atoms with E-state index in [1.54, 1.807) is 11.3 Å². The summed E-state index contributed by atoms with van der Waals surface area (Å²) in [6.45, 7) is 4.97. The van der Waals surface area contributed by atoms with E-state index < -0.39 is 0 Å². The summed E-state index contributed by atoms with van der Waals surface area (Å²) in [5.41, 5.74) is 2.41. The van der Waals surface area contributed by atoms with Crippen molar-refractivity contribution in [3.8, 4) is 0 Å². The van der Waals surface area contributed by atoms with Crippen LogP contribution in [0.3, 0.4) is 0 Å². The molecule has 1 saturated heterocycles. The molecule has 2 heterocycles. The van der Waals surface area contributed by atoms with Gasteiger partial charge in [0, 0.05) is 43.3 Å². The highest BCUT2D eigenvalue weighted by Crippen LogP contribution is 2.17. The molecule has 2 aromatic rings. The van der Waals surface area contributed by atoms with Crippen molar-refractivity contribution < 1.29 is 4.79 Å². The molecule has 1 aromatic heterocycles. The normalized spacial score (nSPS) is 15.6. The lowest BCUT2D eigenvalue weighted by molar-refractivity contribution is -0.120. The van der Waals surface area contributed by atoms with E-state index in [1.165, 1.54) is 5.69 Å². The number of hydrogen-bond donors (Lipinski definition) is 1. The van der Waals surface area contributed by atoms with E-state index in [2.05, 4.69) is 46.4 Å². The van der Waals surface area contributed by atoms with E-state index in [0.717, 1.165) is 36.6 Å². The Morgan fingerprint density at radius 2 is 1.87 bits per heavy atom. The molecule has 0 unspecified atom stereocenters. The minimum absolute atomic E-state index is 0.0793. The predicted molar refractivity (Wildman–Crippen MR) is 96.0 cm³/mol. The van der Waals surface area contributed by atoms with Crippen molar-refractivity contribution in [2.75, 3.05) is 38.1 Å². The average molecular weight is 329 g/mol. The fourth-order valence-corrected chi connectivity index (χ4v) is 3.43. The molecule has 1 aliphatic heterocycles. The molecule has 1 N–H and O–H groups in total. The third kappa shape index (κ3) is 4.56. The van der Waals surface area contributed by atoms with Crippen molar-refractivity contribution >= 4 is 22.9 Å². The van der Waals surface area contributed by atoms with Gasteiger partial charge < -0.3 is 15.1 Å². The van der Waals surface area contributed by atoms with Gasteiger partial charge in [-0.3, -0.25) is 4.79 Å². The molecule has 1 aromatic carbocycles. The first-order valence-corrected chi connectivity index (χ1v) is 8.90. The van der Waals surface area contributed by atoms with Crippen molar-refractivity contribution in [3.63, 3.8) is 0 Å². The van der Waals surface area contributed by atoms with Crippen molar-refractivity contribution in [1.29, 1.82) is 0 Å². The van der Waals surface area contributed by atoms with Crippen LogP contribution in [0.2, 0.25) is 0 Å². The second-order valence-electron chi connectivity index (χ2n) is 5.99. The molecule has 5 heteroatoms. The molecule has 1 aliphatic rings. The maximum absolute atomic E-state index is 11.9. The Kier molecular flexibility index (Phi) is 5.31. The number of hydrogen-bond acceptors (Lipinski definition) is 4. The van der Waals surface area contributed by atoms with E-state index in [1.807, 2.05) is 17.5 Å². The molecule has 1 fully saturated rings. The number of anilines is 1. The van der Waals surface area contributed by atoms with Crippen LogP contribution in [0.5, 0.6) is 0 Å². The number of carbonyl (C=O) groups is 1. The van der Waals surface area contributed by atoms with Crippen LogP contribution in [-0.4, -0.2) is 44.0 Å². The standard InChI is InChI=1S/C18H23N3OS/c1-20-8-10-21(11-9-20)16-6-4-15(5-7-16)14-19-18(22)13-17-3-2-12-23-17/h2-7,12H,8-11,13-14H2,1H3,(H,19,22). The highest BCUT2D eigenvalue weighted by molar-refractivity contribution is 7.10. The lowest BCUT2D eigenvalue weighted by Gasteiger charge is -2.34. The van der Waals surface area contributed by atoms with Crippen LogP contribution < -0.4 is 10.2 Å². The van der Waals surface area contributed by atoms with Crippen LogP contribution in [0.4, 0.5) is 5.69 Å². The Balaban J connectivity index is 1.48. The van der Waals surface area contributed by atoms with Crippen LogP contribution in [0.15, 0.2) is 41.8 Å². The lowest BCUT2D eigenvalue weighted by Crippen LogP contribution is -2.44. The Morgan fingerprint density at radius 3 is 2.52 bits per heavy atom. The summed E-state index contributed by atoms with van der Waals surface area (Å²) < 4.78 is 0. The van der Waals surface area contributed by atoms with Crippen LogP contribution in [0.25, 0.3) is 0 Å². The molecular formula is C18H23N3OS. The molecular weight excluding hydrogens is 306 g/mol. The number of likely N-dealkylation sites (N-methyl/N-ethyl adjacent to an activating group) is 1. The molecule has 0 atom stereocenters. The second-order valence-corrected chi connectivity index (χ2v) is 7.02. The quantitative estimate of drug-likeness (QED) is 0.915. The molecule has 0 spiro atoms. The van der Waals surface area contributed by atoms with Gasteiger partial charge in [0.25, 0.3) is 0 Å². The number of rotatable bonds is 5. The number of piperazine rings is 1. The van der Waals surface area contributed by atoms with Crippen LogP contribution in [-0.2, 0) is 17.8 Å². The molecule has 3 rings (SSSR count). The zero-order valence-corrected chi connectivity index (χ0v) is 14.3. The monoisotopic (exact) mass is 329 g/mol. The van der Waals surface area contributed by atoms with Crippen LogP contribution in [0, 0.1) is 0 Å². The van der Waals surface area contributed by atoms with Crippen molar-refractivity contribution in [2.45, 2.75) is 13.0 Å². The largest absolute Gasteiger partial charge is 0.369 e. The summed E-state index contributed by atoms with van der Waals surface area (Å²) in [5, 5.41) is 4.99. The third-order valence-electron chi connectivity index (χ3n) is 4.21. The molecule has 0 radical (unpaired) electrons. The average Bonchev–Trinajstić information content (AvgIpc) is 3.07. The fraction of sp³-hybridized carbons (Fsp3) is 0.389. The van der Waals surface area contributed by atoms with Gasteiger partial charge in [-0.15, -0.1) is 11.3 Å². The SMILES string of the molecule is CN1CCN(c2ccc(CNC(=O)Cc3cccs3)cc2)CC1. The van der Waals surface area contributed by atoms with Crippen molar-refractivity contribution in [2.24, 2.45) is 0 Å². The van der Waals surface area contributed by atoms with E-state index in [0.29, 0.717) is 13.0 Å². The summed E-state index contributed by atoms with van der Waals surface area (Å²) in [6, 6.07) is 12.5. The smallest absolute Gasteiger partial charge is 0.225 e. The van der Waals surface area contributed by atoms with E-state index in [4.69, 9.17) is 0 Å². The van der Waals surface area contributed by atoms with Gasteiger partial charge in [-0.05, 0) is 36.2 Å². The third-order valence-corrected chi connectivity index (χ3v) is 5.09.